The zero-order valence-corrected chi connectivity index (χ0v) is 17.5. The molecule has 0 saturated carbocycles. The van der Waals surface area contributed by atoms with Gasteiger partial charge >= 0.3 is 0 Å². The first-order chi connectivity index (χ1) is 12.8. The lowest BCUT2D eigenvalue weighted by molar-refractivity contribution is -0.123. The minimum absolute atomic E-state index is 0.0163. The van der Waals surface area contributed by atoms with E-state index in [9.17, 15) is 14.9 Å². The number of thioether (sulfide) groups is 1. The molecule has 0 bridgehead atoms. The predicted octanol–water partition coefficient (Wildman–Crippen LogP) is 2.78. The molecule has 142 valence electrons. The average Bonchev–Trinajstić information content (AvgIpc) is 3.22. The van der Waals surface area contributed by atoms with E-state index in [1.54, 1.807) is 24.9 Å². The lowest BCUT2D eigenvalue weighted by Crippen LogP contribution is -2.34. The van der Waals surface area contributed by atoms with Crippen molar-refractivity contribution in [3.05, 3.63) is 31.9 Å². The summed E-state index contributed by atoms with van der Waals surface area (Å²) in [5, 5.41) is 9.48. The predicted molar refractivity (Wildman–Crippen MR) is 113 cm³/mol. The largest absolute Gasteiger partial charge is 0.357 e. The van der Waals surface area contributed by atoms with Gasteiger partial charge in [0.1, 0.15) is 21.8 Å². The number of hydrogen-bond acceptors (Lipinski definition) is 6. The second-order valence-corrected chi connectivity index (χ2v) is 8.73. The van der Waals surface area contributed by atoms with Gasteiger partial charge < -0.3 is 4.90 Å². The Labute approximate surface area is 168 Å². The molecule has 1 amide bonds. The summed E-state index contributed by atoms with van der Waals surface area (Å²) in [6.07, 6.45) is 3.91. The molecular weight excluding hydrogens is 380 g/mol. The lowest BCUT2D eigenvalue weighted by atomic mass is 10.0. The van der Waals surface area contributed by atoms with Crippen LogP contribution in [-0.4, -0.2) is 38.8 Å². The molecule has 1 aromatic rings. The third kappa shape index (κ3) is 3.30. The number of rotatable bonds is 3. The number of nitriles is 1. The monoisotopic (exact) mass is 402 g/mol. The highest BCUT2D eigenvalue weighted by molar-refractivity contribution is 8.26. The second kappa shape index (κ2) is 7.49. The van der Waals surface area contributed by atoms with E-state index in [0.717, 1.165) is 37.3 Å². The van der Waals surface area contributed by atoms with Crippen molar-refractivity contribution in [2.75, 3.05) is 18.0 Å². The Morgan fingerprint density at radius 1 is 1.26 bits per heavy atom. The van der Waals surface area contributed by atoms with Crippen LogP contribution in [0.4, 0.5) is 5.82 Å². The van der Waals surface area contributed by atoms with E-state index in [4.69, 9.17) is 12.2 Å². The van der Waals surface area contributed by atoms with Crippen LogP contribution in [0.25, 0.3) is 6.08 Å². The van der Waals surface area contributed by atoms with Gasteiger partial charge in [0, 0.05) is 31.7 Å². The van der Waals surface area contributed by atoms with Crippen LogP contribution in [0.15, 0.2) is 9.70 Å². The Bertz CT molecular complexity index is 950. The molecule has 3 heterocycles. The number of anilines is 1. The van der Waals surface area contributed by atoms with Crippen LogP contribution >= 0.6 is 24.0 Å². The smallest absolute Gasteiger partial charge is 0.270 e. The van der Waals surface area contributed by atoms with Crippen LogP contribution < -0.4 is 10.5 Å². The molecule has 0 unspecified atom stereocenters. The maximum absolute atomic E-state index is 12.8. The SMILES string of the molecule is Cc1c(C=C2SC(=S)N(C(C)C)C2=O)c(N2CCCC2)n(C)c(=O)c1C#N. The summed E-state index contributed by atoms with van der Waals surface area (Å²) in [6.45, 7) is 7.33. The Morgan fingerprint density at radius 3 is 2.41 bits per heavy atom. The lowest BCUT2D eigenvalue weighted by Gasteiger charge is -2.25. The van der Waals surface area contributed by atoms with E-state index in [1.807, 2.05) is 19.9 Å². The van der Waals surface area contributed by atoms with Crippen LogP contribution in [0.2, 0.25) is 0 Å². The topological polar surface area (TPSA) is 69.3 Å². The number of hydrogen-bond donors (Lipinski definition) is 0. The van der Waals surface area contributed by atoms with Gasteiger partial charge in [-0.2, -0.15) is 5.26 Å². The van der Waals surface area contributed by atoms with Crippen LogP contribution in [0.1, 0.15) is 43.4 Å². The van der Waals surface area contributed by atoms with Crippen LogP contribution in [0.5, 0.6) is 0 Å². The van der Waals surface area contributed by atoms with Crippen LogP contribution in [0.3, 0.4) is 0 Å². The number of carbonyl (C=O) groups is 1. The van der Waals surface area contributed by atoms with Crippen molar-refractivity contribution in [1.29, 1.82) is 5.26 Å². The van der Waals surface area contributed by atoms with E-state index in [0.29, 0.717) is 14.8 Å². The molecular formula is C19H22N4O2S2. The van der Waals surface area contributed by atoms with Gasteiger partial charge in [0.05, 0.1) is 4.91 Å². The highest BCUT2D eigenvalue weighted by Gasteiger charge is 2.34. The van der Waals surface area contributed by atoms with E-state index in [-0.39, 0.29) is 23.1 Å². The van der Waals surface area contributed by atoms with Gasteiger partial charge in [0.15, 0.2) is 0 Å². The first kappa shape index (κ1) is 19.6. The van der Waals surface area contributed by atoms with Gasteiger partial charge in [-0.1, -0.05) is 24.0 Å². The summed E-state index contributed by atoms with van der Waals surface area (Å²) in [5.41, 5.74) is 1.17. The number of amides is 1. The summed E-state index contributed by atoms with van der Waals surface area (Å²) in [7, 11) is 1.69. The normalized spacial score (nSPS) is 18.9. The summed E-state index contributed by atoms with van der Waals surface area (Å²) in [4.78, 5) is 29.7. The number of pyridine rings is 1. The van der Waals surface area contributed by atoms with Gasteiger partial charge in [0.25, 0.3) is 11.5 Å². The summed E-state index contributed by atoms with van der Waals surface area (Å²) >= 11 is 6.63. The molecule has 0 aromatic carbocycles. The molecule has 0 radical (unpaired) electrons. The molecule has 0 spiro atoms. The quantitative estimate of drug-likeness (QED) is 0.572. The maximum atomic E-state index is 12.8. The van der Waals surface area contributed by atoms with E-state index < -0.39 is 0 Å². The molecule has 2 saturated heterocycles. The number of aromatic nitrogens is 1. The van der Waals surface area contributed by atoms with Gasteiger partial charge in [-0.05, 0) is 45.3 Å². The van der Waals surface area contributed by atoms with Crippen LogP contribution in [0, 0.1) is 18.3 Å². The van der Waals surface area contributed by atoms with Gasteiger partial charge in [-0.15, -0.1) is 0 Å². The van der Waals surface area contributed by atoms with Crippen molar-refractivity contribution in [1.82, 2.24) is 9.47 Å². The van der Waals surface area contributed by atoms with Gasteiger partial charge in [0.2, 0.25) is 0 Å². The van der Waals surface area contributed by atoms with E-state index in [1.165, 1.54) is 16.3 Å². The molecule has 2 fully saturated rings. The number of thiocarbonyl (C=S) groups is 1. The number of nitrogens with zero attached hydrogens (tertiary/aromatic N) is 4. The molecule has 8 heteroatoms. The van der Waals surface area contributed by atoms with Crippen molar-refractivity contribution in [2.24, 2.45) is 7.05 Å². The number of carbonyl (C=O) groups excluding carboxylic acids is 1. The average molecular weight is 403 g/mol. The Balaban J connectivity index is 2.22. The van der Waals surface area contributed by atoms with Crippen molar-refractivity contribution in [3.63, 3.8) is 0 Å². The zero-order valence-electron chi connectivity index (χ0n) is 15.9. The Morgan fingerprint density at radius 2 is 1.89 bits per heavy atom. The highest BCUT2D eigenvalue weighted by Crippen LogP contribution is 2.37. The standard InChI is InChI=1S/C19H22N4O2S2/c1-11(2)23-18(25)15(27-19(23)26)9-13-12(3)14(10-20)17(24)21(4)16(13)22-7-5-6-8-22/h9,11H,5-8H2,1-4H3. The Hall–Kier alpha value is -2.11. The minimum atomic E-state index is -0.302. The second-order valence-electron chi connectivity index (χ2n) is 7.05. The van der Waals surface area contributed by atoms with E-state index >= 15 is 0 Å². The third-order valence-electron chi connectivity index (χ3n) is 4.99. The van der Waals surface area contributed by atoms with Crippen molar-refractivity contribution in [2.45, 2.75) is 39.7 Å². The fourth-order valence-electron chi connectivity index (χ4n) is 3.58. The molecule has 3 rings (SSSR count). The third-order valence-corrected chi connectivity index (χ3v) is 6.32. The molecule has 2 aliphatic heterocycles. The van der Waals surface area contributed by atoms with Crippen molar-refractivity contribution >= 4 is 46.1 Å². The first-order valence-corrected chi connectivity index (χ1v) is 10.2. The maximum Gasteiger partial charge on any atom is 0.270 e. The van der Waals surface area contributed by atoms with Crippen molar-refractivity contribution in [3.8, 4) is 6.07 Å². The molecule has 0 N–H and O–H groups in total. The molecule has 6 nitrogen and oxygen atoms in total. The molecule has 0 atom stereocenters. The van der Waals surface area contributed by atoms with Gasteiger partial charge in [-0.25, -0.2) is 0 Å². The van der Waals surface area contributed by atoms with Gasteiger partial charge in [-0.3, -0.25) is 19.1 Å². The molecule has 2 aliphatic rings. The summed E-state index contributed by atoms with van der Waals surface area (Å²) in [6, 6.07) is 2.01. The van der Waals surface area contributed by atoms with Crippen LogP contribution in [-0.2, 0) is 11.8 Å². The zero-order chi connectivity index (χ0) is 19.9. The van der Waals surface area contributed by atoms with E-state index in [2.05, 4.69) is 4.90 Å². The molecule has 27 heavy (non-hydrogen) atoms. The summed E-state index contributed by atoms with van der Waals surface area (Å²) < 4.78 is 2.07. The summed E-state index contributed by atoms with van der Waals surface area (Å²) in [5.74, 6) is 0.642. The first-order valence-electron chi connectivity index (χ1n) is 8.93. The minimum Gasteiger partial charge on any atom is -0.357 e. The molecule has 1 aromatic heterocycles. The fourth-order valence-corrected chi connectivity index (χ4v) is 5.09. The highest BCUT2D eigenvalue weighted by atomic mass is 32.2. The fraction of sp³-hybridized carbons (Fsp3) is 0.474. The molecule has 0 aliphatic carbocycles. The van der Waals surface area contributed by atoms with Crippen molar-refractivity contribution < 1.29 is 4.79 Å². The Kier molecular flexibility index (Phi) is 5.45.